The van der Waals surface area contributed by atoms with Crippen LogP contribution in [0, 0.1) is 0 Å². The van der Waals surface area contributed by atoms with Crippen LogP contribution in [0.1, 0.15) is 60.5 Å². The quantitative estimate of drug-likeness (QED) is 0.542. The van der Waals surface area contributed by atoms with Crippen LogP contribution in [-0.2, 0) is 6.18 Å². The number of anilines is 1. The molecule has 5 rings (SSSR count). The molecule has 0 spiro atoms. The van der Waals surface area contributed by atoms with Gasteiger partial charge in [-0.3, -0.25) is 4.99 Å². The van der Waals surface area contributed by atoms with Crippen molar-refractivity contribution in [2.75, 3.05) is 18.4 Å². The highest BCUT2D eigenvalue weighted by Crippen LogP contribution is 2.38. The SMILES string of the molecule is CCC1N=C(Nc2nc(-c3ccccc3C(F)(F)F)nnc2C2CCNCC2)c2ccccc21. The van der Waals surface area contributed by atoms with Crippen LogP contribution < -0.4 is 10.6 Å². The molecule has 176 valence electrons. The molecule has 6 nitrogen and oxygen atoms in total. The maximum absolute atomic E-state index is 13.7. The zero-order valence-corrected chi connectivity index (χ0v) is 18.7. The maximum atomic E-state index is 13.7. The van der Waals surface area contributed by atoms with Crippen molar-refractivity contribution < 1.29 is 13.2 Å². The molecule has 0 radical (unpaired) electrons. The Morgan fingerprint density at radius 3 is 2.41 bits per heavy atom. The highest BCUT2D eigenvalue weighted by Gasteiger charge is 2.35. The second-order valence-corrected chi connectivity index (χ2v) is 8.55. The van der Waals surface area contributed by atoms with Gasteiger partial charge in [0.1, 0.15) is 11.5 Å². The van der Waals surface area contributed by atoms with E-state index in [9.17, 15) is 13.2 Å². The normalized spacial score (nSPS) is 18.5. The number of aromatic nitrogens is 3. The van der Waals surface area contributed by atoms with Crippen LogP contribution in [0.3, 0.4) is 0 Å². The average Bonchev–Trinajstić information content (AvgIpc) is 3.21. The number of benzene rings is 2. The van der Waals surface area contributed by atoms with E-state index < -0.39 is 11.7 Å². The van der Waals surface area contributed by atoms with E-state index in [1.807, 2.05) is 18.2 Å². The molecule has 1 aromatic heterocycles. The van der Waals surface area contributed by atoms with Crippen LogP contribution in [-0.4, -0.2) is 34.1 Å². The topological polar surface area (TPSA) is 75.1 Å². The molecule has 0 saturated carbocycles. The number of piperidine rings is 1. The first-order chi connectivity index (χ1) is 16.5. The number of fused-ring (bicyclic) bond motifs is 1. The van der Waals surface area contributed by atoms with Gasteiger partial charge in [-0.1, -0.05) is 49.4 Å². The molecular formula is C25H25F3N6. The summed E-state index contributed by atoms with van der Waals surface area (Å²) in [6, 6.07) is 13.3. The summed E-state index contributed by atoms with van der Waals surface area (Å²) >= 11 is 0. The second-order valence-electron chi connectivity index (χ2n) is 8.55. The van der Waals surface area contributed by atoms with Gasteiger partial charge in [0.25, 0.3) is 0 Å². The van der Waals surface area contributed by atoms with Gasteiger partial charge in [-0.25, -0.2) is 4.98 Å². The summed E-state index contributed by atoms with van der Waals surface area (Å²) in [5.74, 6) is 1.12. The number of nitrogens with one attached hydrogen (secondary N) is 2. The predicted octanol–water partition coefficient (Wildman–Crippen LogP) is 5.35. The van der Waals surface area contributed by atoms with Crippen molar-refractivity contribution in [1.29, 1.82) is 0 Å². The molecule has 1 atom stereocenters. The van der Waals surface area contributed by atoms with Gasteiger partial charge in [-0.15, -0.1) is 10.2 Å². The van der Waals surface area contributed by atoms with E-state index in [4.69, 9.17) is 4.99 Å². The van der Waals surface area contributed by atoms with Crippen molar-refractivity contribution in [2.24, 2.45) is 4.99 Å². The number of rotatable bonds is 4. The van der Waals surface area contributed by atoms with Crippen LogP contribution in [0.15, 0.2) is 53.5 Å². The first kappa shape index (κ1) is 22.5. The Balaban J connectivity index is 1.59. The van der Waals surface area contributed by atoms with Gasteiger partial charge in [0, 0.05) is 17.0 Å². The minimum absolute atomic E-state index is 0.0289. The number of nitrogens with zero attached hydrogens (tertiary/aromatic N) is 4. The Morgan fingerprint density at radius 2 is 1.68 bits per heavy atom. The molecule has 34 heavy (non-hydrogen) atoms. The molecule has 3 aromatic rings. The number of hydrogen-bond donors (Lipinski definition) is 2. The number of aliphatic imine (C=N–C) groups is 1. The van der Waals surface area contributed by atoms with Crippen molar-refractivity contribution in [3.05, 3.63) is 70.9 Å². The fourth-order valence-electron chi connectivity index (χ4n) is 4.66. The molecule has 1 unspecified atom stereocenters. The van der Waals surface area contributed by atoms with Crippen molar-refractivity contribution in [2.45, 2.75) is 44.3 Å². The fourth-order valence-corrected chi connectivity index (χ4v) is 4.66. The lowest BCUT2D eigenvalue weighted by Crippen LogP contribution is -2.28. The highest BCUT2D eigenvalue weighted by molar-refractivity contribution is 6.11. The van der Waals surface area contributed by atoms with Gasteiger partial charge in [0.15, 0.2) is 11.6 Å². The van der Waals surface area contributed by atoms with Gasteiger partial charge < -0.3 is 10.6 Å². The fraction of sp³-hybridized carbons (Fsp3) is 0.360. The van der Waals surface area contributed by atoms with Crippen LogP contribution in [0.5, 0.6) is 0 Å². The third-order valence-corrected chi connectivity index (χ3v) is 6.40. The summed E-state index contributed by atoms with van der Waals surface area (Å²) < 4.78 is 41.0. The summed E-state index contributed by atoms with van der Waals surface area (Å²) in [6.45, 7) is 3.75. The van der Waals surface area contributed by atoms with Gasteiger partial charge >= 0.3 is 6.18 Å². The Bertz CT molecular complexity index is 1220. The molecule has 0 aliphatic carbocycles. The van der Waals surface area contributed by atoms with Gasteiger partial charge in [0.2, 0.25) is 0 Å². The summed E-state index contributed by atoms with van der Waals surface area (Å²) in [5, 5.41) is 15.2. The standard InChI is InChI=1S/C25H25F3N6/c1-2-20-16-7-3-4-8-17(16)22(30-20)31-24-21(15-11-13-29-14-12-15)33-34-23(32-24)18-9-5-6-10-19(18)25(26,27)28/h3-10,15,20,29H,2,11-14H2,1H3,(H,30,31,32,34). The summed E-state index contributed by atoms with van der Waals surface area (Å²) in [6.07, 6.45) is -1.98. The van der Waals surface area contributed by atoms with Crippen molar-refractivity contribution in [3.8, 4) is 11.4 Å². The van der Waals surface area contributed by atoms with E-state index in [0.29, 0.717) is 17.3 Å². The molecule has 2 aliphatic heterocycles. The van der Waals surface area contributed by atoms with Gasteiger partial charge in [0.05, 0.1) is 11.6 Å². The molecule has 2 aliphatic rings. The molecule has 3 heterocycles. The van der Waals surface area contributed by atoms with E-state index in [-0.39, 0.29) is 23.3 Å². The lowest BCUT2D eigenvalue weighted by Gasteiger charge is -2.24. The molecule has 0 amide bonds. The summed E-state index contributed by atoms with van der Waals surface area (Å²) in [7, 11) is 0. The predicted molar refractivity (Wildman–Crippen MR) is 125 cm³/mol. The van der Waals surface area contributed by atoms with E-state index in [1.54, 1.807) is 6.07 Å². The first-order valence-electron chi connectivity index (χ1n) is 11.5. The van der Waals surface area contributed by atoms with Crippen molar-refractivity contribution in [3.63, 3.8) is 0 Å². The van der Waals surface area contributed by atoms with E-state index in [1.165, 1.54) is 12.1 Å². The molecule has 2 aromatic carbocycles. The second kappa shape index (κ2) is 9.13. The number of hydrogen-bond acceptors (Lipinski definition) is 6. The highest BCUT2D eigenvalue weighted by atomic mass is 19.4. The minimum Gasteiger partial charge on any atom is -0.323 e. The molecule has 1 fully saturated rings. The Hall–Kier alpha value is -3.33. The zero-order valence-electron chi connectivity index (χ0n) is 18.7. The lowest BCUT2D eigenvalue weighted by molar-refractivity contribution is -0.137. The molecule has 0 bridgehead atoms. The average molecular weight is 467 g/mol. The monoisotopic (exact) mass is 466 g/mol. The molecule has 1 saturated heterocycles. The van der Waals surface area contributed by atoms with Gasteiger partial charge in [-0.05, 0) is 44.0 Å². The maximum Gasteiger partial charge on any atom is 0.417 e. The molecular weight excluding hydrogens is 441 g/mol. The number of alkyl halides is 3. The van der Waals surface area contributed by atoms with Gasteiger partial charge in [-0.2, -0.15) is 13.2 Å². The Kier molecular flexibility index (Phi) is 6.03. The van der Waals surface area contributed by atoms with E-state index in [0.717, 1.165) is 49.5 Å². The van der Waals surface area contributed by atoms with E-state index >= 15 is 0 Å². The number of halogens is 3. The van der Waals surface area contributed by atoms with Crippen LogP contribution >= 0.6 is 0 Å². The Morgan fingerprint density at radius 1 is 0.971 bits per heavy atom. The van der Waals surface area contributed by atoms with Crippen LogP contribution in [0.2, 0.25) is 0 Å². The minimum atomic E-state index is -4.52. The van der Waals surface area contributed by atoms with E-state index in [2.05, 4.69) is 38.8 Å². The third kappa shape index (κ3) is 4.27. The van der Waals surface area contributed by atoms with Crippen molar-refractivity contribution in [1.82, 2.24) is 20.5 Å². The van der Waals surface area contributed by atoms with Crippen molar-refractivity contribution >= 4 is 11.7 Å². The largest absolute Gasteiger partial charge is 0.417 e. The van der Waals surface area contributed by atoms with Crippen LogP contribution in [0.4, 0.5) is 19.0 Å². The molecule has 2 N–H and O–H groups in total. The lowest BCUT2D eigenvalue weighted by atomic mass is 9.94. The summed E-state index contributed by atoms with van der Waals surface area (Å²) in [5.41, 5.74) is 1.88. The number of amidine groups is 1. The molecule has 9 heteroatoms. The third-order valence-electron chi connectivity index (χ3n) is 6.40. The smallest absolute Gasteiger partial charge is 0.323 e. The zero-order chi connectivity index (χ0) is 23.7. The first-order valence-corrected chi connectivity index (χ1v) is 11.5. The summed E-state index contributed by atoms with van der Waals surface area (Å²) in [4.78, 5) is 9.43. The Labute approximate surface area is 195 Å². The van der Waals surface area contributed by atoms with Crippen LogP contribution in [0.25, 0.3) is 11.4 Å².